The van der Waals surface area contributed by atoms with Crippen molar-refractivity contribution >= 4 is 95.1 Å². The minimum Gasteiger partial charge on any atom is -0.468 e. The average molecular weight is 681 g/mol. The van der Waals surface area contributed by atoms with E-state index in [2.05, 4.69) is 176 Å². The first-order valence-corrected chi connectivity index (χ1v) is 18.5. The van der Waals surface area contributed by atoms with Crippen molar-refractivity contribution < 1.29 is 8.83 Å². The Hall–Kier alpha value is -6.46. The summed E-state index contributed by atoms with van der Waals surface area (Å²) in [6.07, 6.45) is 0. The third-order valence-corrected chi connectivity index (χ3v) is 11.7. The van der Waals surface area contributed by atoms with Crippen LogP contribution in [0.4, 0.5) is 17.1 Å². The maximum absolute atomic E-state index is 7.05. The van der Waals surface area contributed by atoms with Gasteiger partial charge < -0.3 is 18.3 Å². The molecule has 2 aliphatic heterocycles. The lowest BCUT2D eigenvalue weighted by Crippen LogP contribution is -2.60. The number of fused-ring (bicyclic) bond motifs is 13. The highest BCUT2D eigenvalue weighted by molar-refractivity contribution is 7.00. The minimum atomic E-state index is -0.107. The van der Waals surface area contributed by atoms with E-state index >= 15 is 0 Å². The molecule has 4 nitrogen and oxygen atoms in total. The molecule has 0 spiro atoms. The number of hydrogen-bond donors (Lipinski definition) is 0. The predicted octanol–water partition coefficient (Wildman–Crippen LogP) is 11.0. The van der Waals surface area contributed by atoms with Gasteiger partial charge in [0.2, 0.25) is 0 Å². The quantitative estimate of drug-likeness (QED) is 0.171. The van der Waals surface area contributed by atoms with Crippen LogP contribution in [0.3, 0.4) is 0 Å². The smallest absolute Gasteiger partial charge is 0.297 e. The monoisotopic (exact) mass is 680 g/mol. The largest absolute Gasteiger partial charge is 0.468 e. The minimum absolute atomic E-state index is 0.0396. The van der Waals surface area contributed by atoms with Gasteiger partial charge in [0, 0.05) is 49.5 Å². The summed E-state index contributed by atoms with van der Waals surface area (Å²) in [5.74, 6) is 0. The Kier molecular flexibility index (Phi) is 5.56. The van der Waals surface area contributed by atoms with Crippen LogP contribution in [0, 0.1) is 0 Å². The van der Waals surface area contributed by atoms with Crippen molar-refractivity contribution in [1.29, 1.82) is 0 Å². The molecule has 3 aromatic heterocycles. The molecule has 0 bridgehead atoms. The van der Waals surface area contributed by atoms with Crippen molar-refractivity contribution in [1.82, 2.24) is 4.57 Å². The van der Waals surface area contributed by atoms with Crippen LogP contribution in [-0.2, 0) is 5.41 Å². The lowest BCUT2D eigenvalue weighted by molar-refractivity contribution is 0.590. The van der Waals surface area contributed by atoms with Crippen molar-refractivity contribution in [2.45, 2.75) is 26.2 Å². The van der Waals surface area contributed by atoms with E-state index in [1.807, 2.05) is 0 Å². The van der Waals surface area contributed by atoms with Gasteiger partial charge in [0.15, 0.2) is 5.58 Å². The molecule has 0 radical (unpaired) electrons. The Morgan fingerprint density at radius 1 is 0.528 bits per heavy atom. The van der Waals surface area contributed by atoms with Gasteiger partial charge >= 0.3 is 0 Å². The summed E-state index contributed by atoms with van der Waals surface area (Å²) < 4.78 is 16.4. The Morgan fingerprint density at radius 2 is 1.19 bits per heavy atom. The zero-order valence-corrected chi connectivity index (χ0v) is 29.6. The van der Waals surface area contributed by atoms with Gasteiger partial charge in [0.25, 0.3) is 6.71 Å². The normalized spacial score (nSPS) is 13.5. The lowest BCUT2D eigenvalue weighted by Gasteiger charge is -2.38. The topological polar surface area (TPSA) is 34.5 Å². The number of nitrogens with zero attached hydrogens (tertiary/aromatic N) is 2. The van der Waals surface area contributed by atoms with Crippen LogP contribution in [0.25, 0.3) is 71.5 Å². The van der Waals surface area contributed by atoms with Crippen LogP contribution in [0.1, 0.15) is 26.3 Å². The summed E-state index contributed by atoms with van der Waals surface area (Å²) in [6.45, 7) is 6.71. The Labute approximate surface area is 306 Å². The van der Waals surface area contributed by atoms with Crippen molar-refractivity contribution in [2.24, 2.45) is 0 Å². The number of anilines is 3. The molecule has 0 atom stereocenters. The average Bonchev–Trinajstić information content (AvgIpc) is 3.87. The molecule has 0 saturated carbocycles. The molecule has 0 aliphatic carbocycles. The van der Waals surface area contributed by atoms with Gasteiger partial charge in [-0.15, -0.1) is 0 Å². The standard InChI is InChI=1S/C48H33BN2O2/c1-48(2,3)30-20-22-31(23-21-30)50-38-26-29(28-12-5-4-6-13-28)27-39-42(38)49(47-45(50)36-15-8-10-19-41(36)53-47)37-17-11-16-33-34-24-25-35-32-14-7-9-18-40(32)52-46(35)44(34)51(39)43(33)37/h4-27H,1-3H3. The number of aromatic nitrogens is 1. The molecule has 0 N–H and O–H groups in total. The molecule has 0 saturated heterocycles. The molecule has 53 heavy (non-hydrogen) atoms. The summed E-state index contributed by atoms with van der Waals surface area (Å²) in [7, 11) is 0. The van der Waals surface area contributed by atoms with Gasteiger partial charge in [-0.3, -0.25) is 0 Å². The SMILES string of the molecule is CC(C)(C)c1ccc(N2c3cc(-c4ccccc4)cc4c3B(c3oc5ccccc5c32)c2cccc3c5ccc6c7ccccc7oc6c5n-4c23)cc1. The summed E-state index contributed by atoms with van der Waals surface area (Å²) in [4.78, 5) is 2.46. The highest BCUT2D eigenvalue weighted by atomic mass is 16.3. The van der Waals surface area contributed by atoms with Gasteiger partial charge in [-0.2, -0.15) is 0 Å². The summed E-state index contributed by atoms with van der Waals surface area (Å²) in [6, 6.07) is 52.9. The molecular weight excluding hydrogens is 647 g/mol. The maximum Gasteiger partial charge on any atom is 0.297 e. The summed E-state index contributed by atoms with van der Waals surface area (Å²) in [5.41, 5.74) is 16.7. The second kappa shape index (κ2) is 10.1. The van der Waals surface area contributed by atoms with Gasteiger partial charge in [-0.1, -0.05) is 118 Å². The van der Waals surface area contributed by atoms with Gasteiger partial charge in [-0.05, 0) is 81.6 Å². The van der Waals surface area contributed by atoms with E-state index in [1.165, 1.54) is 38.3 Å². The van der Waals surface area contributed by atoms with E-state index in [0.29, 0.717) is 0 Å². The van der Waals surface area contributed by atoms with Gasteiger partial charge in [0.05, 0.1) is 16.9 Å². The number of para-hydroxylation sites is 3. The second-order valence-corrected chi connectivity index (χ2v) is 15.7. The van der Waals surface area contributed by atoms with E-state index in [-0.39, 0.29) is 12.1 Å². The summed E-state index contributed by atoms with van der Waals surface area (Å²) in [5, 5.41) is 5.78. The molecule has 0 unspecified atom stereocenters. The van der Waals surface area contributed by atoms with Crippen LogP contribution in [-0.4, -0.2) is 11.3 Å². The third kappa shape index (κ3) is 3.81. The highest BCUT2D eigenvalue weighted by Crippen LogP contribution is 2.47. The number of hydrogen-bond acceptors (Lipinski definition) is 3. The third-order valence-electron chi connectivity index (χ3n) is 11.7. The fourth-order valence-electron chi connectivity index (χ4n) is 9.32. The maximum atomic E-state index is 7.05. The van der Waals surface area contributed by atoms with Crippen molar-refractivity contribution in [3.63, 3.8) is 0 Å². The predicted molar refractivity (Wildman–Crippen MR) is 221 cm³/mol. The van der Waals surface area contributed by atoms with Crippen LogP contribution in [0.2, 0.25) is 0 Å². The van der Waals surface area contributed by atoms with Crippen molar-refractivity contribution in [2.75, 3.05) is 4.90 Å². The Morgan fingerprint density at radius 3 is 1.98 bits per heavy atom. The van der Waals surface area contributed by atoms with E-state index in [1.54, 1.807) is 0 Å². The first-order chi connectivity index (χ1) is 25.9. The fraction of sp³-hybridized carbons (Fsp3) is 0.0833. The zero-order chi connectivity index (χ0) is 35.2. The van der Waals surface area contributed by atoms with E-state index in [4.69, 9.17) is 8.83 Å². The van der Waals surface area contributed by atoms with Gasteiger partial charge in [0.1, 0.15) is 11.2 Å². The molecule has 250 valence electrons. The Balaban J connectivity index is 1.27. The number of rotatable bonds is 2. The van der Waals surface area contributed by atoms with Crippen molar-refractivity contribution in [3.8, 4) is 16.8 Å². The molecule has 0 amide bonds. The van der Waals surface area contributed by atoms with Crippen LogP contribution >= 0.6 is 0 Å². The molecule has 0 fully saturated rings. The van der Waals surface area contributed by atoms with E-state index < -0.39 is 0 Å². The molecule has 7 aromatic carbocycles. The second-order valence-electron chi connectivity index (χ2n) is 15.7. The Bertz CT molecular complexity index is 3160. The van der Waals surface area contributed by atoms with E-state index in [0.717, 1.165) is 72.4 Å². The first kappa shape index (κ1) is 29.2. The van der Waals surface area contributed by atoms with E-state index in [9.17, 15) is 0 Å². The lowest BCUT2D eigenvalue weighted by atomic mass is 9.36. The van der Waals surface area contributed by atoms with Gasteiger partial charge in [-0.25, -0.2) is 0 Å². The molecule has 12 rings (SSSR count). The van der Waals surface area contributed by atoms with Crippen LogP contribution < -0.4 is 21.5 Å². The van der Waals surface area contributed by atoms with Crippen LogP contribution in [0.15, 0.2) is 154 Å². The zero-order valence-electron chi connectivity index (χ0n) is 29.6. The molecule has 10 aromatic rings. The van der Waals surface area contributed by atoms with Crippen molar-refractivity contribution in [3.05, 3.63) is 151 Å². The fourth-order valence-corrected chi connectivity index (χ4v) is 9.32. The first-order valence-electron chi connectivity index (χ1n) is 18.5. The molecule has 5 heteroatoms. The number of furan rings is 2. The number of benzene rings is 7. The highest BCUT2D eigenvalue weighted by Gasteiger charge is 2.46. The molecular formula is C48H33BN2O2. The molecule has 2 aliphatic rings. The molecule has 5 heterocycles. The summed E-state index contributed by atoms with van der Waals surface area (Å²) >= 11 is 0. The van der Waals surface area contributed by atoms with Crippen LogP contribution in [0.5, 0.6) is 0 Å².